The third kappa shape index (κ3) is 3.68. The standard InChI is InChI=1S/C20H28N2/c1-13(2)20(22-18-7-6-8-18)19(16(5)21)15(4)17-11-9-14(3)10-12-17/h9-12,15,18H,1,6-8,21H2,2-5H3. The molecule has 118 valence electrons. The van der Waals surface area contributed by atoms with Gasteiger partial charge in [-0.05, 0) is 51.2 Å². The first-order valence-corrected chi connectivity index (χ1v) is 8.17. The van der Waals surface area contributed by atoms with Crippen LogP contribution in [0.3, 0.4) is 0 Å². The first kappa shape index (κ1) is 16.5. The minimum atomic E-state index is 0.223. The molecule has 0 aliphatic heterocycles. The van der Waals surface area contributed by atoms with Gasteiger partial charge in [-0.3, -0.25) is 4.99 Å². The van der Waals surface area contributed by atoms with Crippen molar-refractivity contribution in [1.29, 1.82) is 0 Å². The number of hydrogen-bond acceptors (Lipinski definition) is 2. The molecule has 2 nitrogen and oxygen atoms in total. The van der Waals surface area contributed by atoms with E-state index in [1.165, 1.54) is 30.4 Å². The maximum atomic E-state index is 6.24. The molecular weight excluding hydrogens is 268 g/mol. The van der Waals surface area contributed by atoms with Gasteiger partial charge in [-0.25, -0.2) is 0 Å². The minimum Gasteiger partial charge on any atom is -0.402 e. The van der Waals surface area contributed by atoms with E-state index in [0.29, 0.717) is 6.04 Å². The fourth-order valence-corrected chi connectivity index (χ4v) is 2.86. The van der Waals surface area contributed by atoms with Crippen LogP contribution in [-0.4, -0.2) is 11.8 Å². The van der Waals surface area contributed by atoms with Crippen molar-refractivity contribution in [2.45, 2.75) is 58.9 Å². The van der Waals surface area contributed by atoms with Gasteiger partial charge in [-0.1, -0.05) is 43.3 Å². The van der Waals surface area contributed by atoms with Crippen LogP contribution >= 0.6 is 0 Å². The molecule has 1 aliphatic rings. The van der Waals surface area contributed by atoms with Crippen LogP contribution < -0.4 is 5.73 Å². The first-order valence-electron chi connectivity index (χ1n) is 8.17. The Morgan fingerprint density at radius 1 is 1.23 bits per heavy atom. The Morgan fingerprint density at radius 2 is 1.82 bits per heavy atom. The van der Waals surface area contributed by atoms with E-state index in [2.05, 4.69) is 44.7 Å². The molecule has 0 heterocycles. The molecule has 0 spiro atoms. The van der Waals surface area contributed by atoms with Crippen LogP contribution in [0, 0.1) is 6.92 Å². The van der Waals surface area contributed by atoms with Crippen LogP contribution in [0.1, 0.15) is 57.1 Å². The zero-order valence-corrected chi connectivity index (χ0v) is 14.3. The topological polar surface area (TPSA) is 38.4 Å². The van der Waals surface area contributed by atoms with Gasteiger partial charge in [0.05, 0.1) is 11.8 Å². The zero-order chi connectivity index (χ0) is 16.3. The molecule has 1 fully saturated rings. The van der Waals surface area contributed by atoms with E-state index in [4.69, 9.17) is 10.7 Å². The van der Waals surface area contributed by atoms with Crippen LogP contribution in [0.2, 0.25) is 0 Å². The lowest BCUT2D eigenvalue weighted by Crippen LogP contribution is -2.22. The smallest absolute Gasteiger partial charge is 0.0656 e. The predicted octanol–water partition coefficient (Wildman–Crippen LogP) is 4.90. The fourth-order valence-electron chi connectivity index (χ4n) is 2.86. The molecule has 1 aromatic rings. The van der Waals surface area contributed by atoms with Gasteiger partial charge in [0.2, 0.25) is 0 Å². The van der Waals surface area contributed by atoms with Crippen molar-refractivity contribution in [3.05, 3.63) is 58.8 Å². The Labute approximate surface area is 134 Å². The average Bonchev–Trinajstić information content (AvgIpc) is 2.40. The van der Waals surface area contributed by atoms with E-state index < -0.39 is 0 Å². The molecule has 2 heteroatoms. The van der Waals surface area contributed by atoms with Crippen LogP contribution in [-0.2, 0) is 0 Å². The molecule has 1 atom stereocenters. The van der Waals surface area contributed by atoms with Crippen molar-refractivity contribution in [3.63, 3.8) is 0 Å². The number of hydrogen-bond donors (Lipinski definition) is 1. The maximum absolute atomic E-state index is 6.24. The van der Waals surface area contributed by atoms with Crippen LogP contribution in [0.5, 0.6) is 0 Å². The summed E-state index contributed by atoms with van der Waals surface area (Å²) in [5.74, 6) is 0.223. The molecule has 0 saturated heterocycles. The fraction of sp³-hybridized carbons (Fsp3) is 0.450. The van der Waals surface area contributed by atoms with E-state index >= 15 is 0 Å². The number of nitrogens with zero attached hydrogens (tertiary/aromatic N) is 1. The summed E-state index contributed by atoms with van der Waals surface area (Å²) in [6, 6.07) is 9.12. The van der Waals surface area contributed by atoms with Crippen molar-refractivity contribution in [2.75, 3.05) is 0 Å². The van der Waals surface area contributed by atoms with Crippen LogP contribution in [0.25, 0.3) is 0 Å². The third-order valence-electron chi connectivity index (χ3n) is 4.48. The molecule has 1 unspecified atom stereocenters. The molecule has 2 rings (SSSR count). The van der Waals surface area contributed by atoms with Gasteiger partial charge in [-0.2, -0.15) is 0 Å². The Kier molecular flexibility index (Phi) is 5.23. The minimum absolute atomic E-state index is 0.223. The van der Waals surface area contributed by atoms with Gasteiger partial charge < -0.3 is 5.73 Å². The van der Waals surface area contributed by atoms with Gasteiger partial charge in [-0.15, -0.1) is 0 Å². The maximum Gasteiger partial charge on any atom is 0.0656 e. The highest BCUT2D eigenvalue weighted by Gasteiger charge is 2.23. The van der Waals surface area contributed by atoms with E-state index in [1.807, 2.05) is 13.8 Å². The van der Waals surface area contributed by atoms with Gasteiger partial charge in [0.25, 0.3) is 0 Å². The molecule has 1 saturated carbocycles. The Balaban J connectivity index is 2.40. The van der Waals surface area contributed by atoms with E-state index in [-0.39, 0.29) is 5.92 Å². The molecule has 0 amide bonds. The summed E-state index contributed by atoms with van der Waals surface area (Å²) >= 11 is 0. The molecule has 1 aliphatic carbocycles. The van der Waals surface area contributed by atoms with E-state index in [1.54, 1.807) is 0 Å². The van der Waals surface area contributed by atoms with Gasteiger partial charge in [0, 0.05) is 17.2 Å². The van der Waals surface area contributed by atoms with Crippen molar-refractivity contribution < 1.29 is 0 Å². The first-order chi connectivity index (χ1) is 10.4. The lowest BCUT2D eigenvalue weighted by Gasteiger charge is -2.26. The second-order valence-corrected chi connectivity index (χ2v) is 6.57. The molecule has 2 N–H and O–H groups in total. The van der Waals surface area contributed by atoms with E-state index in [9.17, 15) is 0 Å². The summed E-state index contributed by atoms with van der Waals surface area (Å²) < 4.78 is 0. The molecule has 0 radical (unpaired) electrons. The molecule has 1 aromatic carbocycles. The monoisotopic (exact) mass is 296 g/mol. The number of nitrogens with two attached hydrogens (primary N) is 1. The van der Waals surface area contributed by atoms with Crippen molar-refractivity contribution >= 4 is 5.71 Å². The number of allylic oxidation sites excluding steroid dienone is 3. The quantitative estimate of drug-likeness (QED) is 0.771. The Morgan fingerprint density at radius 3 is 2.23 bits per heavy atom. The van der Waals surface area contributed by atoms with Gasteiger partial charge in [0.15, 0.2) is 0 Å². The van der Waals surface area contributed by atoms with Crippen LogP contribution in [0.4, 0.5) is 0 Å². The molecule has 0 bridgehead atoms. The van der Waals surface area contributed by atoms with Gasteiger partial charge >= 0.3 is 0 Å². The summed E-state index contributed by atoms with van der Waals surface area (Å²) in [6.07, 6.45) is 3.66. The zero-order valence-electron chi connectivity index (χ0n) is 14.3. The average molecular weight is 296 g/mol. The number of aryl methyl sites for hydroxylation is 1. The Hall–Kier alpha value is -1.83. The SMILES string of the molecule is C=C(C)C(=NC1CCC1)C(=C(C)N)C(C)c1ccc(C)cc1. The molecule has 0 aromatic heterocycles. The summed E-state index contributed by atoms with van der Waals surface area (Å²) in [6.45, 7) is 12.5. The van der Waals surface area contributed by atoms with Crippen molar-refractivity contribution in [1.82, 2.24) is 0 Å². The highest BCUT2D eigenvalue weighted by molar-refractivity contribution is 6.13. The molecule has 22 heavy (non-hydrogen) atoms. The third-order valence-corrected chi connectivity index (χ3v) is 4.48. The lowest BCUT2D eigenvalue weighted by molar-refractivity contribution is 0.420. The summed E-state index contributed by atoms with van der Waals surface area (Å²) in [5.41, 5.74) is 12.8. The van der Waals surface area contributed by atoms with Crippen molar-refractivity contribution in [2.24, 2.45) is 10.7 Å². The highest BCUT2D eigenvalue weighted by atomic mass is 14.8. The van der Waals surface area contributed by atoms with E-state index in [0.717, 1.165) is 22.6 Å². The predicted molar refractivity (Wildman–Crippen MR) is 96.4 cm³/mol. The normalized spacial score (nSPS) is 18.5. The van der Waals surface area contributed by atoms with Crippen LogP contribution in [0.15, 0.2) is 52.7 Å². The summed E-state index contributed by atoms with van der Waals surface area (Å²) in [5, 5.41) is 0. The Bertz CT molecular complexity index is 597. The highest BCUT2D eigenvalue weighted by Crippen LogP contribution is 2.31. The second kappa shape index (κ2) is 6.95. The molecular formula is C20H28N2. The summed E-state index contributed by atoms with van der Waals surface area (Å²) in [7, 11) is 0. The number of rotatable bonds is 5. The number of aliphatic imine (C=N–C) groups is 1. The van der Waals surface area contributed by atoms with Gasteiger partial charge in [0.1, 0.15) is 0 Å². The van der Waals surface area contributed by atoms with Crippen molar-refractivity contribution in [3.8, 4) is 0 Å². The lowest BCUT2D eigenvalue weighted by atomic mass is 9.85. The second-order valence-electron chi connectivity index (χ2n) is 6.57. The summed E-state index contributed by atoms with van der Waals surface area (Å²) in [4.78, 5) is 4.95. The largest absolute Gasteiger partial charge is 0.402 e. The number of benzene rings is 1.